The molecule has 0 saturated heterocycles. The lowest BCUT2D eigenvalue weighted by Gasteiger charge is -2.18. The summed E-state index contributed by atoms with van der Waals surface area (Å²) in [5, 5.41) is 11.5. The smallest absolute Gasteiger partial charge is 0.326 e. The van der Waals surface area contributed by atoms with E-state index < -0.39 is 17.9 Å². The van der Waals surface area contributed by atoms with E-state index in [1.807, 2.05) is 0 Å². The second-order valence-electron chi connectivity index (χ2n) is 4.26. The fourth-order valence-electron chi connectivity index (χ4n) is 1.47. The summed E-state index contributed by atoms with van der Waals surface area (Å²) in [4.78, 5) is 22.9. The van der Waals surface area contributed by atoms with E-state index >= 15 is 0 Å². The Morgan fingerprint density at radius 1 is 1.39 bits per heavy atom. The van der Waals surface area contributed by atoms with Crippen LogP contribution < -0.4 is 11.1 Å². The second kappa shape index (κ2) is 5.86. The van der Waals surface area contributed by atoms with Gasteiger partial charge in [-0.25, -0.2) is 4.79 Å². The Kier molecular flexibility index (Phi) is 4.72. The molecule has 5 nitrogen and oxygen atoms in total. The van der Waals surface area contributed by atoms with Crippen LogP contribution in [0.4, 0.5) is 5.69 Å². The first-order valence-corrected chi connectivity index (χ1v) is 6.21. The van der Waals surface area contributed by atoms with E-state index in [4.69, 9.17) is 10.8 Å². The molecule has 0 spiro atoms. The van der Waals surface area contributed by atoms with Gasteiger partial charge in [-0.05, 0) is 24.1 Å². The molecule has 98 valence electrons. The zero-order chi connectivity index (χ0) is 13.9. The quantitative estimate of drug-likeness (QED) is 0.740. The molecule has 18 heavy (non-hydrogen) atoms. The van der Waals surface area contributed by atoms with E-state index in [2.05, 4.69) is 21.2 Å². The van der Waals surface area contributed by atoms with Crippen molar-refractivity contribution in [1.29, 1.82) is 0 Å². The highest BCUT2D eigenvalue weighted by atomic mass is 79.9. The highest BCUT2D eigenvalue weighted by Crippen LogP contribution is 2.18. The van der Waals surface area contributed by atoms with Gasteiger partial charge in [0.1, 0.15) is 6.04 Å². The van der Waals surface area contributed by atoms with Crippen LogP contribution in [-0.4, -0.2) is 23.0 Å². The van der Waals surface area contributed by atoms with Crippen molar-refractivity contribution in [2.45, 2.75) is 19.9 Å². The van der Waals surface area contributed by atoms with Crippen LogP contribution in [0.2, 0.25) is 0 Å². The fraction of sp³-hybridized carbons (Fsp3) is 0.333. The molecule has 1 amide bonds. The summed E-state index contributed by atoms with van der Waals surface area (Å²) in [6, 6.07) is 3.89. The van der Waals surface area contributed by atoms with Crippen molar-refractivity contribution in [3.63, 3.8) is 0 Å². The van der Waals surface area contributed by atoms with Crippen LogP contribution in [0.5, 0.6) is 0 Å². The maximum absolute atomic E-state index is 11.9. The lowest BCUT2D eigenvalue weighted by Crippen LogP contribution is -2.44. The van der Waals surface area contributed by atoms with Crippen molar-refractivity contribution in [2.24, 2.45) is 5.92 Å². The molecule has 0 aliphatic heterocycles. The van der Waals surface area contributed by atoms with Gasteiger partial charge in [-0.2, -0.15) is 0 Å². The number of aliphatic carboxylic acids is 1. The number of benzene rings is 1. The third-order valence-electron chi connectivity index (χ3n) is 2.48. The third-order valence-corrected chi connectivity index (χ3v) is 2.97. The summed E-state index contributed by atoms with van der Waals surface area (Å²) < 4.78 is 0.759. The van der Waals surface area contributed by atoms with Crippen molar-refractivity contribution >= 4 is 33.5 Å². The summed E-state index contributed by atoms with van der Waals surface area (Å²) in [6.45, 7) is 3.45. The average molecular weight is 315 g/mol. The number of rotatable bonds is 4. The van der Waals surface area contributed by atoms with Crippen molar-refractivity contribution in [1.82, 2.24) is 5.32 Å². The molecule has 4 N–H and O–H groups in total. The SMILES string of the molecule is CC(C)[C@@H](NC(=O)c1ccc(Br)cc1N)C(=O)O. The van der Waals surface area contributed by atoms with E-state index in [1.165, 1.54) is 0 Å². The topological polar surface area (TPSA) is 92.4 Å². The number of nitrogens with two attached hydrogens (primary N) is 1. The molecule has 0 aromatic heterocycles. The molecular weight excluding hydrogens is 300 g/mol. The zero-order valence-electron chi connectivity index (χ0n) is 10.1. The Balaban J connectivity index is 2.91. The number of halogens is 1. The van der Waals surface area contributed by atoms with Gasteiger partial charge in [0.15, 0.2) is 0 Å². The number of hydrogen-bond donors (Lipinski definition) is 3. The van der Waals surface area contributed by atoms with E-state index in [-0.39, 0.29) is 11.5 Å². The molecule has 0 unspecified atom stereocenters. The number of carbonyl (C=O) groups is 2. The highest BCUT2D eigenvalue weighted by Gasteiger charge is 2.24. The zero-order valence-corrected chi connectivity index (χ0v) is 11.7. The standard InChI is InChI=1S/C12H15BrN2O3/c1-6(2)10(12(17)18)15-11(16)8-4-3-7(13)5-9(8)14/h3-6,10H,14H2,1-2H3,(H,15,16)(H,17,18)/t10-/m1/s1. The van der Waals surface area contributed by atoms with Crippen LogP contribution in [0.3, 0.4) is 0 Å². The molecule has 1 aromatic carbocycles. The van der Waals surface area contributed by atoms with Gasteiger partial charge in [0.05, 0.1) is 5.56 Å². The Labute approximate surface area is 113 Å². The van der Waals surface area contributed by atoms with Crippen molar-refractivity contribution in [3.8, 4) is 0 Å². The molecule has 0 saturated carbocycles. The maximum Gasteiger partial charge on any atom is 0.326 e. The van der Waals surface area contributed by atoms with E-state index in [1.54, 1.807) is 32.0 Å². The first-order valence-electron chi connectivity index (χ1n) is 5.41. The number of hydrogen-bond acceptors (Lipinski definition) is 3. The first kappa shape index (κ1) is 14.5. The lowest BCUT2D eigenvalue weighted by atomic mass is 10.0. The fourth-order valence-corrected chi connectivity index (χ4v) is 1.85. The van der Waals surface area contributed by atoms with Crippen molar-refractivity contribution in [3.05, 3.63) is 28.2 Å². The van der Waals surface area contributed by atoms with Gasteiger partial charge in [0.25, 0.3) is 5.91 Å². The minimum Gasteiger partial charge on any atom is -0.480 e. The first-order chi connectivity index (χ1) is 8.32. The van der Waals surface area contributed by atoms with Gasteiger partial charge in [-0.1, -0.05) is 29.8 Å². The highest BCUT2D eigenvalue weighted by molar-refractivity contribution is 9.10. The normalized spacial score (nSPS) is 12.2. The van der Waals surface area contributed by atoms with Crippen LogP contribution in [0.25, 0.3) is 0 Å². The minimum atomic E-state index is -1.06. The molecule has 0 fully saturated rings. The van der Waals surface area contributed by atoms with Crippen molar-refractivity contribution in [2.75, 3.05) is 5.73 Å². The number of amides is 1. The van der Waals surface area contributed by atoms with Gasteiger partial charge >= 0.3 is 5.97 Å². The number of nitrogen functional groups attached to an aromatic ring is 1. The van der Waals surface area contributed by atoms with Gasteiger partial charge < -0.3 is 16.2 Å². The number of carboxylic acids is 1. The minimum absolute atomic E-state index is 0.205. The third kappa shape index (κ3) is 3.46. The van der Waals surface area contributed by atoms with Crippen LogP contribution in [0.1, 0.15) is 24.2 Å². The molecule has 1 aromatic rings. The van der Waals surface area contributed by atoms with Gasteiger partial charge in [-0.3, -0.25) is 4.79 Å². The number of anilines is 1. The van der Waals surface area contributed by atoms with E-state index in [9.17, 15) is 9.59 Å². The summed E-state index contributed by atoms with van der Waals surface area (Å²) in [5.41, 5.74) is 6.28. The number of carbonyl (C=O) groups excluding carboxylic acids is 1. The molecule has 0 radical (unpaired) electrons. The molecule has 1 atom stereocenters. The van der Waals surface area contributed by atoms with E-state index in [0.29, 0.717) is 5.69 Å². The summed E-state index contributed by atoms with van der Waals surface area (Å²) >= 11 is 3.24. The van der Waals surface area contributed by atoms with Crippen LogP contribution in [-0.2, 0) is 4.79 Å². The predicted octanol–water partition coefficient (Wildman–Crippen LogP) is 1.87. The Hall–Kier alpha value is -1.56. The summed E-state index contributed by atoms with van der Waals surface area (Å²) in [5.74, 6) is -1.75. The Morgan fingerprint density at radius 2 is 2.00 bits per heavy atom. The van der Waals surface area contributed by atoms with Gasteiger partial charge in [-0.15, -0.1) is 0 Å². The largest absolute Gasteiger partial charge is 0.480 e. The maximum atomic E-state index is 11.9. The van der Waals surface area contributed by atoms with Crippen LogP contribution in [0, 0.1) is 5.92 Å². The molecule has 0 aliphatic rings. The van der Waals surface area contributed by atoms with Gasteiger partial charge in [0.2, 0.25) is 0 Å². The van der Waals surface area contributed by atoms with Gasteiger partial charge in [0, 0.05) is 10.2 Å². The predicted molar refractivity (Wildman–Crippen MR) is 72.3 cm³/mol. The summed E-state index contributed by atoms with van der Waals surface area (Å²) in [7, 11) is 0. The Bertz CT molecular complexity index is 474. The van der Waals surface area contributed by atoms with Crippen LogP contribution >= 0.6 is 15.9 Å². The number of carboxylic acid groups (broad SMARTS) is 1. The molecular formula is C12H15BrN2O3. The summed E-state index contributed by atoms with van der Waals surface area (Å²) in [6.07, 6.45) is 0. The molecule has 6 heteroatoms. The molecule has 0 aliphatic carbocycles. The average Bonchev–Trinajstić information content (AvgIpc) is 2.24. The monoisotopic (exact) mass is 314 g/mol. The second-order valence-corrected chi connectivity index (χ2v) is 5.18. The Morgan fingerprint density at radius 3 is 2.44 bits per heavy atom. The van der Waals surface area contributed by atoms with E-state index in [0.717, 1.165) is 4.47 Å². The van der Waals surface area contributed by atoms with Crippen LogP contribution in [0.15, 0.2) is 22.7 Å². The lowest BCUT2D eigenvalue weighted by molar-refractivity contribution is -0.140. The number of nitrogens with one attached hydrogen (secondary N) is 1. The van der Waals surface area contributed by atoms with Crippen molar-refractivity contribution < 1.29 is 14.7 Å². The molecule has 0 bridgehead atoms. The molecule has 1 rings (SSSR count). The molecule has 0 heterocycles.